The van der Waals surface area contributed by atoms with Crippen molar-refractivity contribution in [3.63, 3.8) is 0 Å². The third-order valence-electron chi connectivity index (χ3n) is 4.25. The van der Waals surface area contributed by atoms with E-state index in [1.165, 1.54) is 22.6 Å². The molecule has 0 bridgehead atoms. The van der Waals surface area contributed by atoms with E-state index in [4.69, 9.17) is 4.74 Å². The maximum Gasteiger partial charge on any atom is 0.191 e. The predicted molar refractivity (Wildman–Crippen MR) is 119 cm³/mol. The van der Waals surface area contributed by atoms with Gasteiger partial charge in [-0.25, -0.2) is 0 Å². The van der Waals surface area contributed by atoms with Gasteiger partial charge >= 0.3 is 0 Å². The zero-order chi connectivity index (χ0) is 17.4. The third-order valence-corrected chi connectivity index (χ3v) is 5.27. The maximum atomic E-state index is 5.21. The highest BCUT2D eigenvalue weighted by Crippen LogP contribution is 2.25. The van der Waals surface area contributed by atoms with Gasteiger partial charge < -0.3 is 15.4 Å². The Bertz CT molecular complexity index is 519. The lowest BCUT2D eigenvalue weighted by Gasteiger charge is -2.23. The molecule has 1 aromatic heterocycles. The Hall–Kier alpha value is -0.380. The van der Waals surface area contributed by atoms with Crippen molar-refractivity contribution in [2.24, 2.45) is 4.99 Å². The summed E-state index contributed by atoms with van der Waals surface area (Å²) in [5.74, 6) is 0.887. The molecule has 2 N–H and O–H groups in total. The smallest absolute Gasteiger partial charge is 0.191 e. The van der Waals surface area contributed by atoms with E-state index >= 15 is 0 Å². The second kappa shape index (κ2) is 12.1. The van der Waals surface area contributed by atoms with Crippen LogP contribution in [0, 0.1) is 6.92 Å². The van der Waals surface area contributed by atoms with E-state index in [0.29, 0.717) is 6.04 Å². The zero-order valence-corrected chi connectivity index (χ0v) is 19.0. The topological polar surface area (TPSA) is 48.9 Å². The van der Waals surface area contributed by atoms with Crippen molar-refractivity contribution in [3.8, 4) is 0 Å². The summed E-state index contributed by atoms with van der Waals surface area (Å²) in [6.07, 6.45) is 3.68. The van der Waals surface area contributed by atoms with Gasteiger partial charge in [-0.05, 0) is 38.8 Å². The van der Waals surface area contributed by atoms with Gasteiger partial charge in [0.1, 0.15) is 0 Å². The number of guanidine groups is 1. The number of nitrogens with one attached hydrogen (secondary N) is 2. The molecule has 2 rings (SSSR count). The SMILES string of the molecule is CN=C(NCCN(CCOC)C1CC1)NC(C)Cc1ccc(C)s1.I. The van der Waals surface area contributed by atoms with Crippen LogP contribution in [0.5, 0.6) is 0 Å². The van der Waals surface area contributed by atoms with Gasteiger partial charge in [-0.3, -0.25) is 9.89 Å². The van der Waals surface area contributed by atoms with Crippen molar-refractivity contribution in [1.29, 1.82) is 0 Å². The van der Waals surface area contributed by atoms with Crippen molar-refractivity contribution in [2.75, 3.05) is 40.4 Å². The zero-order valence-electron chi connectivity index (χ0n) is 15.9. The largest absolute Gasteiger partial charge is 0.383 e. The number of nitrogens with zero attached hydrogens (tertiary/aromatic N) is 2. The Balaban J connectivity index is 0.00000312. The number of halogens is 1. The molecular weight excluding hydrogens is 447 g/mol. The van der Waals surface area contributed by atoms with Crippen LogP contribution in [0.2, 0.25) is 0 Å². The molecule has 1 fully saturated rings. The molecular formula is C18H33IN4OS. The lowest BCUT2D eigenvalue weighted by Crippen LogP contribution is -2.46. The van der Waals surface area contributed by atoms with Crippen LogP contribution in [0.1, 0.15) is 29.5 Å². The summed E-state index contributed by atoms with van der Waals surface area (Å²) >= 11 is 1.87. The summed E-state index contributed by atoms with van der Waals surface area (Å²) in [6.45, 7) is 8.13. The molecule has 1 aliphatic carbocycles. The van der Waals surface area contributed by atoms with Crippen LogP contribution in [0.4, 0.5) is 0 Å². The van der Waals surface area contributed by atoms with E-state index < -0.39 is 0 Å². The molecule has 0 amide bonds. The van der Waals surface area contributed by atoms with Crippen molar-refractivity contribution in [2.45, 2.75) is 45.2 Å². The quantitative estimate of drug-likeness (QED) is 0.307. The molecule has 1 heterocycles. The fourth-order valence-electron chi connectivity index (χ4n) is 2.82. The molecule has 0 aromatic carbocycles. The highest BCUT2D eigenvalue weighted by atomic mass is 127. The first kappa shape index (κ1) is 22.7. The normalized spacial score (nSPS) is 15.8. The minimum atomic E-state index is 0. The van der Waals surface area contributed by atoms with Crippen LogP contribution in [-0.2, 0) is 11.2 Å². The minimum Gasteiger partial charge on any atom is -0.383 e. The molecule has 25 heavy (non-hydrogen) atoms. The van der Waals surface area contributed by atoms with E-state index in [-0.39, 0.29) is 24.0 Å². The molecule has 0 aliphatic heterocycles. The Labute approximate surface area is 173 Å². The van der Waals surface area contributed by atoms with Crippen LogP contribution in [0.3, 0.4) is 0 Å². The van der Waals surface area contributed by atoms with E-state index in [1.54, 1.807) is 7.11 Å². The van der Waals surface area contributed by atoms with E-state index in [1.807, 2.05) is 18.4 Å². The van der Waals surface area contributed by atoms with Crippen molar-refractivity contribution in [1.82, 2.24) is 15.5 Å². The van der Waals surface area contributed by atoms with E-state index in [9.17, 15) is 0 Å². The summed E-state index contributed by atoms with van der Waals surface area (Å²) in [5.41, 5.74) is 0. The molecule has 1 atom stereocenters. The number of ether oxygens (including phenoxy) is 1. The van der Waals surface area contributed by atoms with Crippen LogP contribution in [0.15, 0.2) is 17.1 Å². The Morgan fingerprint density at radius 2 is 2.16 bits per heavy atom. The van der Waals surface area contributed by atoms with Gasteiger partial charge in [-0.2, -0.15) is 0 Å². The molecule has 7 heteroatoms. The first-order valence-corrected chi connectivity index (χ1v) is 9.69. The average molecular weight is 480 g/mol. The fourth-order valence-corrected chi connectivity index (χ4v) is 3.84. The second-order valence-corrected chi connectivity index (χ2v) is 7.89. The molecule has 1 unspecified atom stereocenters. The van der Waals surface area contributed by atoms with Crippen molar-refractivity contribution < 1.29 is 4.74 Å². The molecule has 0 saturated heterocycles. The van der Waals surface area contributed by atoms with Crippen molar-refractivity contribution >= 4 is 41.3 Å². The van der Waals surface area contributed by atoms with Gasteiger partial charge in [0, 0.05) is 62.1 Å². The van der Waals surface area contributed by atoms with Gasteiger partial charge in [-0.1, -0.05) is 0 Å². The molecule has 1 aromatic rings. The highest BCUT2D eigenvalue weighted by Gasteiger charge is 2.28. The Morgan fingerprint density at radius 3 is 2.72 bits per heavy atom. The first-order valence-electron chi connectivity index (χ1n) is 8.88. The molecule has 0 spiro atoms. The summed E-state index contributed by atoms with van der Waals surface area (Å²) in [7, 11) is 3.60. The number of thiophene rings is 1. The molecule has 1 saturated carbocycles. The van der Waals surface area contributed by atoms with Gasteiger partial charge in [0.25, 0.3) is 0 Å². The minimum absolute atomic E-state index is 0. The molecule has 144 valence electrons. The molecule has 0 radical (unpaired) electrons. The summed E-state index contributed by atoms with van der Waals surface area (Å²) < 4.78 is 5.21. The fraction of sp³-hybridized carbons (Fsp3) is 0.722. The first-order chi connectivity index (χ1) is 11.6. The number of hydrogen-bond donors (Lipinski definition) is 2. The monoisotopic (exact) mass is 480 g/mol. The standard InChI is InChI=1S/C18H32N4OS.HI/c1-14(13-17-8-5-15(2)24-17)21-18(19-3)20-9-10-22(11-12-23-4)16-6-7-16;/h5,8,14,16H,6-7,9-13H2,1-4H3,(H2,19,20,21);1H. The summed E-state index contributed by atoms with van der Waals surface area (Å²) in [4.78, 5) is 9.65. The number of rotatable bonds is 10. The van der Waals surface area contributed by atoms with Crippen LogP contribution >= 0.6 is 35.3 Å². The van der Waals surface area contributed by atoms with Crippen LogP contribution < -0.4 is 10.6 Å². The van der Waals surface area contributed by atoms with E-state index in [0.717, 1.165) is 44.7 Å². The third kappa shape index (κ3) is 8.70. The van der Waals surface area contributed by atoms with E-state index in [2.05, 4.69) is 46.5 Å². The second-order valence-electron chi connectivity index (χ2n) is 6.52. The average Bonchev–Trinajstić information content (AvgIpc) is 3.32. The van der Waals surface area contributed by atoms with Crippen LogP contribution in [0.25, 0.3) is 0 Å². The summed E-state index contributed by atoms with van der Waals surface area (Å²) in [6, 6.07) is 5.53. The number of methoxy groups -OCH3 is 1. The van der Waals surface area contributed by atoms with Gasteiger partial charge in [0.05, 0.1) is 6.61 Å². The highest BCUT2D eigenvalue weighted by molar-refractivity contribution is 14.0. The van der Waals surface area contributed by atoms with Crippen molar-refractivity contribution in [3.05, 3.63) is 21.9 Å². The van der Waals surface area contributed by atoms with Gasteiger partial charge in [0.2, 0.25) is 0 Å². The molecule has 5 nitrogen and oxygen atoms in total. The van der Waals surface area contributed by atoms with Gasteiger partial charge in [-0.15, -0.1) is 35.3 Å². The lowest BCUT2D eigenvalue weighted by atomic mass is 10.2. The number of aryl methyl sites for hydroxylation is 1. The van der Waals surface area contributed by atoms with Gasteiger partial charge in [0.15, 0.2) is 5.96 Å². The number of aliphatic imine (C=N–C) groups is 1. The maximum absolute atomic E-state index is 5.21. The Kier molecular flexibility index (Phi) is 11.0. The van der Waals surface area contributed by atoms with Crippen LogP contribution in [-0.4, -0.2) is 63.3 Å². The number of hydrogen-bond acceptors (Lipinski definition) is 4. The molecule has 1 aliphatic rings. The summed E-state index contributed by atoms with van der Waals surface area (Å²) in [5, 5.41) is 6.93. The Morgan fingerprint density at radius 1 is 1.40 bits per heavy atom. The lowest BCUT2D eigenvalue weighted by molar-refractivity contribution is 0.144. The predicted octanol–water partition coefficient (Wildman–Crippen LogP) is 2.88.